The summed E-state index contributed by atoms with van der Waals surface area (Å²) < 4.78 is 2.17. The molecule has 90 valence electrons. The van der Waals surface area contributed by atoms with Crippen molar-refractivity contribution in [1.82, 2.24) is 9.55 Å². The van der Waals surface area contributed by atoms with Crippen molar-refractivity contribution in [3.8, 4) is 0 Å². The van der Waals surface area contributed by atoms with Gasteiger partial charge in [0.05, 0.1) is 11.2 Å². The molecule has 3 heteroatoms. The Morgan fingerprint density at radius 2 is 2.11 bits per heavy atom. The molecule has 0 fully saturated rings. The van der Waals surface area contributed by atoms with Gasteiger partial charge in [0.2, 0.25) is 0 Å². The first kappa shape index (κ1) is 10.8. The maximum absolute atomic E-state index is 6.05. The highest BCUT2D eigenvalue weighted by Crippen LogP contribution is 2.22. The Hall–Kier alpha value is -2.29. The standard InChI is InChI=1S/C15H15N3/c1-11-7-12(9-17-8-11)10-18-6-5-13-3-2-4-14(16)15(13)18/h2-9H,10,16H2,1H3. The largest absolute Gasteiger partial charge is 0.397 e. The topological polar surface area (TPSA) is 43.8 Å². The molecule has 0 aliphatic carbocycles. The third-order valence-corrected chi connectivity index (χ3v) is 3.10. The summed E-state index contributed by atoms with van der Waals surface area (Å²) in [4.78, 5) is 4.22. The lowest BCUT2D eigenvalue weighted by Crippen LogP contribution is -2.00. The first-order chi connectivity index (χ1) is 8.74. The van der Waals surface area contributed by atoms with Gasteiger partial charge in [-0.3, -0.25) is 4.98 Å². The number of rotatable bonds is 2. The van der Waals surface area contributed by atoms with Crippen LogP contribution in [0.15, 0.2) is 48.9 Å². The van der Waals surface area contributed by atoms with Gasteiger partial charge >= 0.3 is 0 Å². The lowest BCUT2D eigenvalue weighted by molar-refractivity contribution is 0.831. The summed E-state index contributed by atoms with van der Waals surface area (Å²) in [6.07, 6.45) is 5.84. The minimum Gasteiger partial charge on any atom is -0.397 e. The van der Waals surface area contributed by atoms with E-state index >= 15 is 0 Å². The monoisotopic (exact) mass is 237 g/mol. The predicted octanol–water partition coefficient (Wildman–Crippen LogP) is 2.98. The highest BCUT2D eigenvalue weighted by atomic mass is 15.0. The molecule has 0 saturated heterocycles. The molecule has 0 amide bonds. The summed E-state index contributed by atoms with van der Waals surface area (Å²) in [6.45, 7) is 2.85. The van der Waals surface area contributed by atoms with Crippen molar-refractivity contribution >= 4 is 16.6 Å². The van der Waals surface area contributed by atoms with Crippen molar-refractivity contribution in [2.45, 2.75) is 13.5 Å². The van der Waals surface area contributed by atoms with Gasteiger partial charge in [0.15, 0.2) is 0 Å². The van der Waals surface area contributed by atoms with Crippen molar-refractivity contribution < 1.29 is 0 Å². The zero-order valence-corrected chi connectivity index (χ0v) is 10.3. The molecule has 0 unspecified atom stereocenters. The number of pyridine rings is 1. The zero-order valence-electron chi connectivity index (χ0n) is 10.3. The van der Waals surface area contributed by atoms with E-state index in [2.05, 4.69) is 40.9 Å². The van der Waals surface area contributed by atoms with E-state index in [9.17, 15) is 0 Å². The van der Waals surface area contributed by atoms with Crippen LogP contribution in [0.4, 0.5) is 5.69 Å². The number of nitrogens with zero attached hydrogens (tertiary/aromatic N) is 2. The van der Waals surface area contributed by atoms with Crippen LogP contribution >= 0.6 is 0 Å². The second-order valence-corrected chi connectivity index (χ2v) is 4.60. The molecule has 0 radical (unpaired) electrons. The van der Waals surface area contributed by atoms with Crippen LogP contribution < -0.4 is 5.73 Å². The van der Waals surface area contributed by atoms with Gasteiger partial charge in [-0.1, -0.05) is 18.2 Å². The van der Waals surface area contributed by atoms with Gasteiger partial charge in [0, 0.05) is 30.5 Å². The van der Waals surface area contributed by atoms with E-state index in [4.69, 9.17) is 5.73 Å². The lowest BCUT2D eigenvalue weighted by Gasteiger charge is -2.07. The maximum atomic E-state index is 6.05. The summed E-state index contributed by atoms with van der Waals surface area (Å²) >= 11 is 0. The fourth-order valence-corrected chi connectivity index (χ4v) is 2.32. The average molecular weight is 237 g/mol. The first-order valence-corrected chi connectivity index (χ1v) is 5.98. The number of fused-ring (bicyclic) bond motifs is 1. The fourth-order valence-electron chi connectivity index (χ4n) is 2.32. The van der Waals surface area contributed by atoms with E-state index in [0.29, 0.717) is 0 Å². The molecule has 3 aromatic rings. The summed E-state index contributed by atoms with van der Waals surface area (Å²) in [7, 11) is 0. The summed E-state index contributed by atoms with van der Waals surface area (Å²) in [6, 6.07) is 10.2. The quantitative estimate of drug-likeness (QED) is 0.696. The van der Waals surface area contributed by atoms with E-state index in [1.165, 1.54) is 16.5 Å². The number of nitrogen functional groups attached to an aromatic ring is 1. The molecular weight excluding hydrogens is 222 g/mol. The average Bonchev–Trinajstić information content (AvgIpc) is 2.74. The number of benzene rings is 1. The Labute approximate surface area is 106 Å². The van der Waals surface area contributed by atoms with E-state index in [1.54, 1.807) is 0 Å². The third-order valence-electron chi connectivity index (χ3n) is 3.10. The molecule has 2 heterocycles. The SMILES string of the molecule is Cc1cncc(Cn2ccc3cccc(N)c32)c1. The number of aromatic nitrogens is 2. The molecule has 0 saturated carbocycles. The Bertz CT molecular complexity index is 698. The van der Waals surface area contributed by atoms with Crippen LogP contribution in [-0.4, -0.2) is 9.55 Å². The van der Waals surface area contributed by atoms with E-state index < -0.39 is 0 Å². The smallest absolute Gasteiger partial charge is 0.0716 e. The van der Waals surface area contributed by atoms with Gasteiger partial charge in [0.25, 0.3) is 0 Å². The molecule has 3 nitrogen and oxygen atoms in total. The molecule has 0 bridgehead atoms. The normalized spacial score (nSPS) is 10.9. The number of aryl methyl sites for hydroxylation is 1. The zero-order chi connectivity index (χ0) is 12.5. The second-order valence-electron chi connectivity index (χ2n) is 4.60. The van der Waals surface area contributed by atoms with Crippen molar-refractivity contribution in [1.29, 1.82) is 0 Å². The Morgan fingerprint density at radius 3 is 2.94 bits per heavy atom. The van der Waals surface area contributed by atoms with Gasteiger partial charge in [-0.25, -0.2) is 0 Å². The van der Waals surface area contributed by atoms with E-state index in [-0.39, 0.29) is 0 Å². The van der Waals surface area contributed by atoms with Crippen molar-refractivity contribution in [3.05, 3.63) is 60.0 Å². The summed E-state index contributed by atoms with van der Waals surface area (Å²) in [5.74, 6) is 0. The molecule has 2 aromatic heterocycles. The van der Waals surface area contributed by atoms with Gasteiger partial charge < -0.3 is 10.3 Å². The first-order valence-electron chi connectivity index (χ1n) is 5.98. The van der Waals surface area contributed by atoms with Gasteiger partial charge in [-0.15, -0.1) is 0 Å². The molecule has 18 heavy (non-hydrogen) atoms. The highest BCUT2D eigenvalue weighted by Gasteiger charge is 2.05. The molecular formula is C15H15N3. The molecule has 0 atom stereocenters. The molecule has 0 aliphatic heterocycles. The molecule has 3 rings (SSSR count). The Kier molecular flexibility index (Phi) is 2.52. The minimum atomic E-state index is 0.798. The van der Waals surface area contributed by atoms with Crippen LogP contribution in [0.3, 0.4) is 0 Å². The number of hydrogen-bond donors (Lipinski definition) is 1. The third kappa shape index (κ3) is 1.84. The van der Waals surface area contributed by atoms with Crippen LogP contribution in [0.2, 0.25) is 0 Å². The van der Waals surface area contributed by atoms with Crippen molar-refractivity contribution in [2.75, 3.05) is 5.73 Å². The lowest BCUT2D eigenvalue weighted by atomic mass is 10.2. The number of para-hydroxylation sites is 1. The molecule has 0 aliphatic rings. The number of hydrogen-bond acceptors (Lipinski definition) is 2. The predicted molar refractivity (Wildman–Crippen MR) is 74.4 cm³/mol. The van der Waals surface area contributed by atoms with Crippen LogP contribution in [-0.2, 0) is 6.54 Å². The van der Waals surface area contributed by atoms with Gasteiger partial charge in [-0.05, 0) is 30.2 Å². The van der Waals surface area contributed by atoms with Gasteiger partial charge in [0.1, 0.15) is 0 Å². The van der Waals surface area contributed by atoms with E-state index in [1.807, 2.05) is 24.5 Å². The van der Waals surface area contributed by atoms with Gasteiger partial charge in [-0.2, -0.15) is 0 Å². The Morgan fingerprint density at radius 1 is 1.22 bits per heavy atom. The molecule has 2 N–H and O–H groups in total. The summed E-state index contributed by atoms with van der Waals surface area (Å²) in [5, 5.41) is 1.18. The van der Waals surface area contributed by atoms with Crippen LogP contribution in [0.5, 0.6) is 0 Å². The van der Waals surface area contributed by atoms with Crippen LogP contribution in [0.1, 0.15) is 11.1 Å². The van der Waals surface area contributed by atoms with E-state index in [0.717, 1.165) is 17.7 Å². The summed E-state index contributed by atoms with van der Waals surface area (Å²) in [5.41, 5.74) is 10.3. The van der Waals surface area contributed by atoms with Crippen LogP contribution in [0, 0.1) is 6.92 Å². The number of anilines is 1. The van der Waals surface area contributed by atoms with Crippen LogP contribution in [0.25, 0.3) is 10.9 Å². The minimum absolute atomic E-state index is 0.798. The van der Waals surface area contributed by atoms with Crippen molar-refractivity contribution in [2.24, 2.45) is 0 Å². The fraction of sp³-hybridized carbons (Fsp3) is 0.133. The Balaban J connectivity index is 2.05. The maximum Gasteiger partial charge on any atom is 0.0716 e. The van der Waals surface area contributed by atoms with Crippen molar-refractivity contribution in [3.63, 3.8) is 0 Å². The highest BCUT2D eigenvalue weighted by molar-refractivity contribution is 5.90. The number of nitrogens with two attached hydrogens (primary N) is 1. The molecule has 0 spiro atoms. The second kappa shape index (κ2) is 4.18. The molecule has 1 aromatic carbocycles.